The first-order valence-corrected chi connectivity index (χ1v) is 9.05. The van der Waals surface area contributed by atoms with Gasteiger partial charge in [-0.05, 0) is 18.6 Å². The Kier molecular flexibility index (Phi) is 5.49. The molecule has 0 unspecified atom stereocenters. The molecule has 0 saturated heterocycles. The summed E-state index contributed by atoms with van der Waals surface area (Å²) in [4.78, 5) is 38.0. The zero-order chi connectivity index (χ0) is 21.3. The van der Waals surface area contributed by atoms with E-state index in [1.165, 1.54) is 32.9 Å². The number of nitrogens with zero attached hydrogens (tertiary/aromatic N) is 2. The maximum Gasteiger partial charge on any atom is 0.332 e. The van der Waals surface area contributed by atoms with Gasteiger partial charge >= 0.3 is 5.69 Å². The summed E-state index contributed by atoms with van der Waals surface area (Å²) >= 11 is 0. The van der Waals surface area contributed by atoms with E-state index in [0.29, 0.717) is 35.8 Å². The molecule has 0 fully saturated rings. The molecular weight excluding hydrogens is 378 g/mol. The highest BCUT2D eigenvalue weighted by atomic mass is 16.5. The van der Waals surface area contributed by atoms with Gasteiger partial charge in [0.2, 0.25) is 5.78 Å². The second kappa shape index (κ2) is 7.86. The van der Waals surface area contributed by atoms with Crippen LogP contribution in [0.2, 0.25) is 0 Å². The number of fused-ring (bicyclic) bond motifs is 1. The number of benzene rings is 1. The molecule has 1 aromatic heterocycles. The van der Waals surface area contributed by atoms with Gasteiger partial charge in [0.1, 0.15) is 17.1 Å². The number of nitrogens with one attached hydrogen (secondary N) is 1. The molecule has 1 aromatic carbocycles. The van der Waals surface area contributed by atoms with Crippen LogP contribution < -0.4 is 30.8 Å². The molecule has 1 aliphatic heterocycles. The van der Waals surface area contributed by atoms with Gasteiger partial charge in [-0.15, -0.1) is 0 Å². The molecule has 0 spiro atoms. The highest BCUT2D eigenvalue weighted by Crippen LogP contribution is 2.36. The summed E-state index contributed by atoms with van der Waals surface area (Å²) in [5, 5.41) is 2.95. The highest BCUT2D eigenvalue weighted by Gasteiger charge is 2.32. The fraction of sp³-hybridized carbons (Fsp3) is 0.350. The number of ether oxygens (including phenoxy) is 3. The van der Waals surface area contributed by atoms with E-state index in [2.05, 4.69) is 5.32 Å². The number of Topliss-reactive ketones (excluding diaryl/α,β-unsaturated/α-hetero) is 1. The van der Waals surface area contributed by atoms with Crippen molar-refractivity contribution < 1.29 is 19.0 Å². The largest absolute Gasteiger partial charge is 0.496 e. The van der Waals surface area contributed by atoms with Crippen molar-refractivity contribution in [1.29, 1.82) is 0 Å². The molecule has 1 N–H and O–H groups in total. The molecule has 0 aliphatic carbocycles. The molecule has 9 heteroatoms. The summed E-state index contributed by atoms with van der Waals surface area (Å²) in [5.74, 6) is 1.13. The topological polar surface area (TPSA) is 101 Å². The van der Waals surface area contributed by atoms with Gasteiger partial charge in [0.15, 0.2) is 11.5 Å². The first kappa shape index (κ1) is 20.2. The lowest BCUT2D eigenvalue weighted by Crippen LogP contribution is -2.40. The van der Waals surface area contributed by atoms with Crippen molar-refractivity contribution in [3.05, 3.63) is 49.8 Å². The van der Waals surface area contributed by atoms with Crippen LogP contribution in [-0.4, -0.2) is 36.2 Å². The molecular formula is C20H23N3O6. The number of rotatable bonds is 6. The Bertz CT molecular complexity index is 1130. The number of hydrogen-bond donors (Lipinski definition) is 1. The van der Waals surface area contributed by atoms with E-state index < -0.39 is 17.0 Å². The minimum atomic E-state index is -0.627. The number of aromatic nitrogens is 2. The number of carbonyl (C=O) groups is 1. The lowest BCUT2D eigenvalue weighted by atomic mass is 10.1. The standard InChI is InChI=1S/C20H23N3O6/c1-6-7-23-18-16(19(25)22(2)20(23)26)17(24)12(21-18)8-11-9-14(28-4)15(29-5)10-13(11)27-3/h8-10,21H,6-7H2,1-5H3/b12-8-. The Morgan fingerprint density at radius 2 is 1.62 bits per heavy atom. The second-order valence-electron chi connectivity index (χ2n) is 6.48. The number of hydrogen-bond acceptors (Lipinski definition) is 7. The van der Waals surface area contributed by atoms with E-state index in [-0.39, 0.29) is 17.1 Å². The molecule has 2 aromatic rings. The predicted octanol–water partition coefficient (Wildman–Crippen LogP) is 1.63. The summed E-state index contributed by atoms with van der Waals surface area (Å²) in [6.45, 7) is 2.29. The number of allylic oxidation sites excluding steroid dienone is 1. The molecule has 0 bridgehead atoms. The third kappa shape index (κ3) is 3.28. The van der Waals surface area contributed by atoms with E-state index in [1.54, 1.807) is 18.2 Å². The van der Waals surface area contributed by atoms with Gasteiger partial charge in [0.05, 0.1) is 27.0 Å². The van der Waals surface area contributed by atoms with E-state index in [0.717, 1.165) is 4.57 Å². The third-order valence-corrected chi connectivity index (χ3v) is 4.75. The predicted molar refractivity (Wildman–Crippen MR) is 108 cm³/mol. The Balaban J connectivity index is 2.18. The molecule has 0 amide bonds. The quantitative estimate of drug-likeness (QED) is 0.734. The van der Waals surface area contributed by atoms with Crippen LogP contribution in [0, 0.1) is 0 Å². The Morgan fingerprint density at radius 1 is 1.00 bits per heavy atom. The van der Waals surface area contributed by atoms with E-state index in [9.17, 15) is 14.4 Å². The Labute approximate surface area is 167 Å². The summed E-state index contributed by atoms with van der Waals surface area (Å²) in [7, 11) is 5.88. The summed E-state index contributed by atoms with van der Waals surface area (Å²) in [5.41, 5.74) is -0.433. The smallest absolute Gasteiger partial charge is 0.332 e. The van der Waals surface area contributed by atoms with Crippen LogP contribution in [0.25, 0.3) is 6.08 Å². The van der Waals surface area contributed by atoms with Crippen molar-refractivity contribution in [1.82, 2.24) is 9.13 Å². The van der Waals surface area contributed by atoms with E-state index in [4.69, 9.17) is 14.2 Å². The van der Waals surface area contributed by atoms with E-state index in [1.807, 2.05) is 6.92 Å². The molecule has 3 rings (SSSR count). The molecule has 154 valence electrons. The van der Waals surface area contributed by atoms with Crippen LogP contribution in [0.5, 0.6) is 17.2 Å². The Morgan fingerprint density at radius 3 is 2.21 bits per heavy atom. The Hall–Kier alpha value is -3.49. The molecule has 0 atom stereocenters. The van der Waals surface area contributed by atoms with Crippen LogP contribution in [0.15, 0.2) is 27.4 Å². The number of ketones is 1. The van der Waals surface area contributed by atoms with Gasteiger partial charge in [-0.3, -0.25) is 18.7 Å². The number of methoxy groups -OCH3 is 3. The van der Waals surface area contributed by atoms with Gasteiger partial charge in [0, 0.05) is 25.2 Å². The molecule has 0 saturated carbocycles. The minimum Gasteiger partial charge on any atom is -0.496 e. The fourth-order valence-electron chi connectivity index (χ4n) is 3.27. The average molecular weight is 401 g/mol. The van der Waals surface area contributed by atoms with Gasteiger partial charge in [-0.25, -0.2) is 4.79 Å². The van der Waals surface area contributed by atoms with Crippen molar-refractivity contribution >= 4 is 17.7 Å². The molecule has 29 heavy (non-hydrogen) atoms. The zero-order valence-corrected chi connectivity index (χ0v) is 17.0. The second-order valence-corrected chi connectivity index (χ2v) is 6.48. The lowest BCUT2D eigenvalue weighted by Gasteiger charge is -2.13. The van der Waals surface area contributed by atoms with Crippen molar-refractivity contribution in [2.45, 2.75) is 19.9 Å². The van der Waals surface area contributed by atoms with Crippen LogP contribution in [0.4, 0.5) is 5.82 Å². The van der Waals surface area contributed by atoms with Gasteiger partial charge in [-0.1, -0.05) is 6.92 Å². The first-order chi connectivity index (χ1) is 13.9. The van der Waals surface area contributed by atoms with Gasteiger partial charge in [0.25, 0.3) is 5.56 Å². The van der Waals surface area contributed by atoms with Crippen molar-refractivity contribution in [3.8, 4) is 17.2 Å². The third-order valence-electron chi connectivity index (χ3n) is 4.75. The fourth-order valence-corrected chi connectivity index (χ4v) is 3.27. The molecule has 2 heterocycles. The maximum absolute atomic E-state index is 13.0. The summed E-state index contributed by atoms with van der Waals surface area (Å²) in [6, 6.07) is 3.31. The first-order valence-electron chi connectivity index (χ1n) is 9.05. The number of anilines is 1. The zero-order valence-electron chi connectivity index (χ0n) is 17.0. The van der Waals surface area contributed by atoms with Crippen molar-refractivity contribution in [2.24, 2.45) is 7.05 Å². The monoisotopic (exact) mass is 401 g/mol. The summed E-state index contributed by atoms with van der Waals surface area (Å²) in [6.07, 6.45) is 2.23. The summed E-state index contributed by atoms with van der Waals surface area (Å²) < 4.78 is 18.3. The SMILES string of the molecule is CCCn1c2c(c(=O)n(C)c1=O)C(=O)/C(=C/c1cc(OC)c(OC)cc1OC)N2. The van der Waals surface area contributed by atoms with Gasteiger partial charge < -0.3 is 19.5 Å². The van der Waals surface area contributed by atoms with Crippen LogP contribution in [0.3, 0.4) is 0 Å². The van der Waals surface area contributed by atoms with Crippen molar-refractivity contribution in [2.75, 3.05) is 26.6 Å². The molecule has 1 aliphatic rings. The van der Waals surface area contributed by atoms with Gasteiger partial charge in [-0.2, -0.15) is 0 Å². The average Bonchev–Trinajstić information content (AvgIpc) is 3.05. The minimum absolute atomic E-state index is 0.0498. The lowest BCUT2D eigenvalue weighted by molar-refractivity contribution is 0.104. The number of carbonyl (C=O) groups excluding carboxylic acids is 1. The molecule has 9 nitrogen and oxygen atoms in total. The molecule has 0 radical (unpaired) electrons. The van der Waals surface area contributed by atoms with Crippen molar-refractivity contribution in [3.63, 3.8) is 0 Å². The highest BCUT2D eigenvalue weighted by molar-refractivity contribution is 6.19. The maximum atomic E-state index is 13.0. The van der Waals surface area contributed by atoms with Crippen LogP contribution in [0.1, 0.15) is 29.3 Å². The normalized spacial score (nSPS) is 14.0. The van der Waals surface area contributed by atoms with Crippen LogP contribution >= 0.6 is 0 Å². The van der Waals surface area contributed by atoms with Crippen LogP contribution in [-0.2, 0) is 13.6 Å². The van der Waals surface area contributed by atoms with E-state index >= 15 is 0 Å².